The Morgan fingerprint density at radius 1 is 0.973 bits per heavy atom. The summed E-state index contributed by atoms with van der Waals surface area (Å²) in [4.78, 5) is 34.1. The smallest absolute Gasteiger partial charge is 0.266 e. The lowest BCUT2D eigenvalue weighted by Gasteiger charge is -2.31. The highest BCUT2D eigenvalue weighted by atomic mass is 16.5. The van der Waals surface area contributed by atoms with Gasteiger partial charge in [-0.3, -0.25) is 14.2 Å². The molecule has 0 aliphatic heterocycles. The van der Waals surface area contributed by atoms with Gasteiger partial charge in [-0.25, -0.2) is 4.98 Å². The predicted molar refractivity (Wildman–Crippen MR) is 149 cm³/mol. The van der Waals surface area contributed by atoms with E-state index in [9.17, 15) is 9.59 Å². The van der Waals surface area contributed by atoms with Gasteiger partial charge < -0.3 is 9.64 Å². The van der Waals surface area contributed by atoms with Crippen LogP contribution in [-0.4, -0.2) is 33.5 Å². The van der Waals surface area contributed by atoms with Crippen molar-refractivity contribution in [2.24, 2.45) is 5.92 Å². The van der Waals surface area contributed by atoms with Gasteiger partial charge in [-0.1, -0.05) is 68.4 Å². The highest BCUT2D eigenvalue weighted by Gasteiger charge is 2.27. The molecule has 0 N–H and O–H groups in total. The highest BCUT2D eigenvalue weighted by Crippen LogP contribution is 2.28. The van der Waals surface area contributed by atoms with Gasteiger partial charge in [0.25, 0.3) is 5.56 Å². The number of hydrogen-bond donors (Lipinski definition) is 0. The van der Waals surface area contributed by atoms with E-state index in [1.54, 1.807) is 21.6 Å². The number of aromatic nitrogens is 2. The molecule has 6 heteroatoms. The fourth-order valence-corrected chi connectivity index (χ4v) is 4.38. The van der Waals surface area contributed by atoms with Crippen molar-refractivity contribution in [1.29, 1.82) is 0 Å². The number of para-hydroxylation sites is 3. The maximum absolute atomic E-state index is 13.9. The van der Waals surface area contributed by atoms with Gasteiger partial charge in [0.2, 0.25) is 5.91 Å². The number of fused-ring (bicyclic) bond motifs is 1. The molecule has 0 fully saturated rings. The molecular weight excluding hydrogens is 462 g/mol. The van der Waals surface area contributed by atoms with Crippen LogP contribution in [0, 0.1) is 5.92 Å². The number of carbonyl (C=O) groups is 1. The molecule has 0 aliphatic rings. The van der Waals surface area contributed by atoms with Crippen LogP contribution >= 0.6 is 0 Å². The Labute approximate surface area is 217 Å². The largest absolute Gasteiger partial charge is 0.492 e. The molecule has 4 rings (SSSR count). The highest BCUT2D eigenvalue weighted by molar-refractivity contribution is 5.92. The first-order valence-electron chi connectivity index (χ1n) is 12.7. The lowest BCUT2D eigenvalue weighted by molar-refractivity contribution is -0.128. The van der Waals surface area contributed by atoms with Gasteiger partial charge in [0, 0.05) is 12.6 Å². The standard InChI is InChI=1S/C31H33N3O3/c1-5-37-28-18-12-11-17-27(28)34-30(32-26-16-10-9-15-25(26)31(34)36)23(4)33(21-22(2)3)29(35)20-19-24-13-7-6-8-14-24/h6-20,22-23H,5,21H2,1-4H3. The molecule has 1 aromatic heterocycles. The minimum Gasteiger partial charge on any atom is -0.492 e. The monoisotopic (exact) mass is 495 g/mol. The van der Waals surface area contributed by atoms with Crippen molar-refractivity contribution >= 4 is 22.9 Å². The second-order valence-corrected chi connectivity index (χ2v) is 9.33. The first kappa shape index (κ1) is 25.9. The summed E-state index contributed by atoms with van der Waals surface area (Å²) in [6, 6.07) is 24.0. The van der Waals surface area contributed by atoms with Crippen molar-refractivity contribution in [1.82, 2.24) is 14.5 Å². The van der Waals surface area contributed by atoms with E-state index in [0.29, 0.717) is 41.3 Å². The third-order valence-corrected chi connectivity index (χ3v) is 6.11. The Hall–Kier alpha value is -4.19. The first-order valence-corrected chi connectivity index (χ1v) is 12.7. The Kier molecular flexibility index (Phi) is 8.18. The molecule has 0 saturated carbocycles. The number of hydrogen-bond acceptors (Lipinski definition) is 4. The molecular formula is C31H33N3O3. The van der Waals surface area contributed by atoms with Gasteiger partial charge in [-0.05, 0) is 55.7 Å². The van der Waals surface area contributed by atoms with E-state index < -0.39 is 6.04 Å². The first-order chi connectivity index (χ1) is 17.9. The second-order valence-electron chi connectivity index (χ2n) is 9.33. The zero-order chi connectivity index (χ0) is 26.4. The van der Waals surface area contributed by atoms with E-state index in [-0.39, 0.29) is 17.4 Å². The number of benzene rings is 3. The van der Waals surface area contributed by atoms with Crippen LogP contribution in [0.1, 0.15) is 45.1 Å². The molecule has 0 spiro atoms. The number of carbonyl (C=O) groups excluding carboxylic acids is 1. The van der Waals surface area contributed by atoms with Crippen molar-refractivity contribution in [3.63, 3.8) is 0 Å². The third-order valence-electron chi connectivity index (χ3n) is 6.11. The molecule has 0 radical (unpaired) electrons. The molecule has 4 aromatic rings. The van der Waals surface area contributed by atoms with Crippen LogP contribution in [0.25, 0.3) is 22.7 Å². The summed E-state index contributed by atoms with van der Waals surface area (Å²) < 4.78 is 7.47. The fourth-order valence-electron chi connectivity index (χ4n) is 4.38. The average molecular weight is 496 g/mol. The number of ether oxygens (including phenoxy) is 1. The maximum Gasteiger partial charge on any atom is 0.266 e. The Bertz CT molecular complexity index is 1460. The van der Waals surface area contributed by atoms with Gasteiger partial charge >= 0.3 is 0 Å². The summed E-state index contributed by atoms with van der Waals surface area (Å²) in [6.45, 7) is 8.93. The van der Waals surface area contributed by atoms with Crippen LogP contribution in [0.5, 0.6) is 5.75 Å². The summed E-state index contributed by atoms with van der Waals surface area (Å²) in [6.07, 6.45) is 3.40. The van der Waals surface area contributed by atoms with Crippen molar-refractivity contribution in [3.05, 3.63) is 107 Å². The average Bonchev–Trinajstić information content (AvgIpc) is 2.91. The zero-order valence-electron chi connectivity index (χ0n) is 21.8. The minimum absolute atomic E-state index is 0.142. The molecule has 37 heavy (non-hydrogen) atoms. The molecule has 1 amide bonds. The van der Waals surface area contributed by atoms with Gasteiger partial charge in [0.05, 0.1) is 29.2 Å². The number of rotatable bonds is 9. The normalized spacial score (nSPS) is 12.2. The van der Waals surface area contributed by atoms with Crippen LogP contribution < -0.4 is 10.3 Å². The van der Waals surface area contributed by atoms with Crippen LogP contribution in [0.15, 0.2) is 89.7 Å². The lowest BCUT2D eigenvalue weighted by Crippen LogP contribution is -2.38. The Morgan fingerprint density at radius 3 is 2.38 bits per heavy atom. The molecule has 3 aromatic carbocycles. The molecule has 1 atom stereocenters. The lowest BCUT2D eigenvalue weighted by atomic mass is 10.1. The van der Waals surface area contributed by atoms with Gasteiger partial charge in [0.1, 0.15) is 11.6 Å². The van der Waals surface area contributed by atoms with Crippen LogP contribution in [-0.2, 0) is 4.79 Å². The number of nitrogens with zero attached hydrogens (tertiary/aromatic N) is 3. The van der Waals surface area contributed by atoms with E-state index in [1.165, 1.54) is 0 Å². The number of amides is 1. The van der Waals surface area contributed by atoms with Crippen molar-refractivity contribution in [2.75, 3.05) is 13.2 Å². The molecule has 1 heterocycles. The predicted octanol–water partition coefficient (Wildman–Crippen LogP) is 6.04. The summed E-state index contributed by atoms with van der Waals surface area (Å²) in [5, 5.41) is 0.510. The van der Waals surface area contributed by atoms with Crippen molar-refractivity contribution < 1.29 is 9.53 Å². The van der Waals surface area contributed by atoms with Crippen LogP contribution in [0.3, 0.4) is 0 Å². The summed E-state index contributed by atoms with van der Waals surface area (Å²) in [7, 11) is 0. The molecule has 1 unspecified atom stereocenters. The van der Waals surface area contributed by atoms with Gasteiger partial charge in [0.15, 0.2) is 0 Å². The molecule has 190 valence electrons. The van der Waals surface area contributed by atoms with Crippen molar-refractivity contribution in [3.8, 4) is 11.4 Å². The second kappa shape index (κ2) is 11.7. The third kappa shape index (κ3) is 5.80. The van der Waals surface area contributed by atoms with Crippen LogP contribution in [0.2, 0.25) is 0 Å². The Balaban J connectivity index is 1.87. The molecule has 6 nitrogen and oxygen atoms in total. The van der Waals surface area contributed by atoms with Crippen molar-refractivity contribution in [2.45, 2.75) is 33.7 Å². The summed E-state index contributed by atoms with van der Waals surface area (Å²) in [5.41, 5.74) is 1.94. The quantitative estimate of drug-likeness (QED) is 0.266. The summed E-state index contributed by atoms with van der Waals surface area (Å²) in [5.74, 6) is 1.14. The molecule has 0 bridgehead atoms. The van der Waals surface area contributed by atoms with E-state index >= 15 is 0 Å². The van der Waals surface area contributed by atoms with E-state index in [1.807, 2.05) is 92.7 Å². The fraction of sp³-hybridized carbons (Fsp3) is 0.258. The minimum atomic E-state index is -0.484. The SMILES string of the molecule is CCOc1ccccc1-n1c(C(C)N(CC(C)C)C(=O)C=Cc2ccccc2)nc2ccccc2c1=O. The van der Waals surface area contributed by atoms with E-state index in [0.717, 1.165) is 5.56 Å². The summed E-state index contributed by atoms with van der Waals surface area (Å²) >= 11 is 0. The van der Waals surface area contributed by atoms with Crippen LogP contribution in [0.4, 0.5) is 0 Å². The zero-order valence-corrected chi connectivity index (χ0v) is 21.8. The van der Waals surface area contributed by atoms with Gasteiger partial charge in [-0.2, -0.15) is 0 Å². The Morgan fingerprint density at radius 2 is 1.65 bits per heavy atom. The molecule has 0 saturated heterocycles. The molecule has 0 aliphatic carbocycles. The van der Waals surface area contributed by atoms with E-state index in [2.05, 4.69) is 13.8 Å². The van der Waals surface area contributed by atoms with Gasteiger partial charge in [-0.15, -0.1) is 0 Å². The topological polar surface area (TPSA) is 64.4 Å². The van der Waals surface area contributed by atoms with E-state index in [4.69, 9.17) is 9.72 Å². The maximum atomic E-state index is 13.9.